The summed E-state index contributed by atoms with van der Waals surface area (Å²) in [4.78, 5) is 37.8. The number of carbonyl (C=O) groups excluding carboxylic acids is 3. The van der Waals surface area contributed by atoms with Gasteiger partial charge in [-0.15, -0.1) is 0 Å². The summed E-state index contributed by atoms with van der Waals surface area (Å²) in [6.07, 6.45) is 0.0779. The quantitative estimate of drug-likeness (QED) is 0.0930. The van der Waals surface area contributed by atoms with Gasteiger partial charge in [0.25, 0.3) is 0 Å². The maximum Gasteiger partial charge on any atom is 0.303 e. The van der Waals surface area contributed by atoms with E-state index in [1.165, 1.54) is 25.2 Å². The summed E-state index contributed by atoms with van der Waals surface area (Å²) >= 11 is 0. The van der Waals surface area contributed by atoms with Crippen LogP contribution in [0.15, 0.2) is 35.5 Å². The van der Waals surface area contributed by atoms with Gasteiger partial charge in [0.15, 0.2) is 17.9 Å². The van der Waals surface area contributed by atoms with Gasteiger partial charge in [-0.25, -0.2) is 0 Å². The lowest BCUT2D eigenvalue weighted by Crippen LogP contribution is -2.62. The Morgan fingerprint density at radius 1 is 1.02 bits per heavy atom. The number of esters is 1. The largest absolute Gasteiger partial charge is 0.459 e. The molecule has 12 nitrogen and oxygen atoms in total. The van der Waals surface area contributed by atoms with Gasteiger partial charge in [-0.2, -0.15) is 0 Å². The number of rotatable bonds is 13. The minimum absolute atomic E-state index is 0.0423. The number of allylic oxidation sites excluding steroid dienone is 3. The van der Waals surface area contributed by atoms with E-state index < -0.39 is 83.4 Å². The van der Waals surface area contributed by atoms with Gasteiger partial charge in [-0.05, 0) is 89.0 Å². The van der Waals surface area contributed by atoms with Crippen LogP contribution in [0, 0.1) is 22.7 Å². The van der Waals surface area contributed by atoms with Crippen LogP contribution < -0.4 is 0 Å². The molecule has 12 heteroatoms. The van der Waals surface area contributed by atoms with Gasteiger partial charge in [0, 0.05) is 30.6 Å². The average Bonchev–Trinajstić information content (AvgIpc) is 3.01. The van der Waals surface area contributed by atoms with E-state index in [9.17, 15) is 45.0 Å². The molecule has 3 aliphatic rings. The highest BCUT2D eigenvalue weighted by molar-refractivity contribution is 5.99. The average molecular weight is 709 g/mol. The number of ketones is 2. The lowest BCUT2D eigenvalue weighted by Gasteiger charge is -2.54. The summed E-state index contributed by atoms with van der Waals surface area (Å²) in [6.45, 7) is 15.3. The lowest BCUT2D eigenvalue weighted by atomic mass is 9.58. The first-order valence-corrected chi connectivity index (χ1v) is 17.6. The molecule has 6 N–H and O–H groups in total. The molecule has 0 amide bonds. The SMILES string of the molecule is CC(=O)O[C@@]1(C)CC[C@H](O[C@@H]2O[C@H](CO)[C@H](O)[C@H](O)[C@H]2O)C(C)(C)[C@@H]1CCC(C)=CC[C@@H](O)C=C(C)C(=O)C[C@H]1C(C)(C)C(=O)C=C[C@]1(C)O. The van der Waals surface area contributed by atoms with E-state index in [1.54, 1.807) is 27.7 Å². The second-order valence-corrected chi connectivity index (χ2v) is 16.2. The van der Waals surface area contributed by atoms with Crippen molar-refractivity contribution in [2.45, 2.75) is 155 Å². The van der Waals surface area contributed by atoms with Gasteiger partial charge in [-0.3, -0.25) is 14.4 Å². The van der Waals surface area contributed by atoms with Crippen LogP contribution in [0.25, 0.3) is 0 Å². The van der Waals surface area contributed by atoms with Gasteiger partial charge in [-0.1, -0.05) is 39.3 Å². The topological polar surface area (TPSA) is 200 Å². The minimum atomic E-state index is -1.57. The Balaban J connectivity index is 1.69. The summed E-state index contributed by atoms with van der Waals surface area (Å²) in [6, 6.07) is 0. The number of aliphatic hydroxyl groups excluding tert-OH is 5. The first-order valence-electron chi connectivity index (χ1n) is 17.6. The van der Waals surface area contributed by atoms with Gasteiger partial charge < -0.3 is 44.8 Å². The second kappa shape index (κ2) is 16.2. The number of carbonyl (C=O) groups is 3. The van der Waals surface area contributed by atoms with Crippen molar-refractivity contribution in [1.29, 1.82) is 0 Å². The Labute approximate surface area is 296 Å². The molecule has 284 valence electrons. The van der Waals surface area contributed by atoms with Gasteiger partial charge in [0.2, 0.25) is 0 Å². The van der Waals surface area contributed by atoms with Crippen LogP contribution in [0.5, 0.6) is 0 Å². The molecule has 0 aromatic heterocycles. The van der Waals surface area contributed by atoms with E-state index in [0.29, 0.717) is 31.3 Å². The molecule has 0 aromatic carbocycles. The molecule has 50 heavy (non-hydrogen) atoms. The number of aliphatic hydroxyl groups is 6. The summed E-state index contributed by atoms with van der Waals surface area (Å²) in [7, 11) is 0. The molecular weight excluding hydrogens is 648 g/mol. The van der Waals surface area contributed by atoms with Crippen LogP contribution in [-0.4, -0.2) is 109 Å². The third-order valence-corrected chi connectivity index (χ3v) is 11.5. The summed E-state index contributed by atoms with van der Waals surface area (Å²) in [5.74, 6) is -1.65. The molecule has 0 unspecified atom stereocenters. The van der Waals surface area contributed by atoms with E-state index in [0.717, 1.165) is 5.57 Å². The predicted octanol–water partition coefficient (Wildman–Crippen LogP) is 2.84. The van der Waals surface area contributed by atoms with Crippen LogP contribution in [0.4, 0.5) is 0 Å². The standard InChI is InChI=1S/C38H60O12/c1-21(10-12-24(41)18-22(2)25(42)19-28-35(4,5)29(43)14-16-37(28,8)47)11-13-27-36(6,7)30(15-17-38(27,9)50-23(3)40)49-34-33(46)32(45)31(44)26(20-39)48-34/h10,14,16,18,24,26-28,30-34,39,41,44-47H,11-13,15,17,19-20H2,1-9H3/t24-,26-,27+,28+,30+,31+,32+,33-,34+,37+,38+/m1/s1. The van der Waals surface area contributed by atoms with Crippen LogP contribution in [0.3, 0.4) is 0 Å². The van der Waals surface area contributed by atoms with Gasteiger partial charge in [0.05, 0.1) is 24.4 Å². The van der Waals surface area contributed by atoms with Crippen molar-refractivity contribution in [1.82, 2.24) is 0 Å². The van der Waals surface area contributed by atoms with Crippen LogP contribution in [0.2, 0.25) is 0 Å². The van der Waals surface area contributed by atoms with Crippen LogP contribution in [-0.2, 0) is 28.6 Å². The zero-order valence-corrected chi connectivity index (χ0v) is 31.1. The van der Waals surface area contributed by atoms with E-state index in [4.69, 9.17) is 14.2 Å². The van der Waals surface area contributed by atoms with Gasteiger partial charge in [0.1, 0.15) is 30.0 Å². The third-order valence-electron chi connectivity index (χ3n) is 11.5. The normalized spacial score (nSPS) is 38.1. The first-order chi connectivity index (χ1) is 23.0. The highest BCUT2D eigenvalue weighted by Gasteiger charge is 2.55. The predicted molar refractivity (Wildman–Crippen MR) is 184 cm³/mol. The van der Waals surface area contributed by atoms with Gasteiger partial charge >= 0.3 is 5.97 Å². The molecular formula is C38H60O12. The van der Waals surface area contributed by atoms with Crippen molar-refractivity contribution in [3.8, 4) is 0 Å². The van der Waals surface area contributed by atoms with Crippen molar-refractivity contribution in [3.05, 3.63) is 35.5 Å². The fourth-order valence-electron chi connectivity index (χ4n) is 8.22. The van der Waals surface area contributed by atoms with Crippen molar-refractivity contribution in [2.75, 3.05) is 6.61 Å². The summed E-state index contributed by atoms with van der Waals surface area (Å²) < 4.78 is 17.8. The fourth-order valence-corrected chi connectivity index (χ4v) is 8.22. The number of Topliss-reactive ketones (excluding diaryl/α,β-unsaturated/α-hetero) is 1. The first kappa shape index (κ1) is 42.1. The zero-order valence-electron chi connectivity index (χ0n) is 31.1. The summed E-state index contributed by atoms with van der Waals surface area (Å²) in [5, 5.41) is 62.4. The van der Waals surface area contributed by atoms with E-state index in [-0.39, 0.29) is 30.3 Å². The van der Waals surface area contributed by atoms with E-state index >= 15 is 0 Å². The number of hydrogen-bond donors (Lipinski definition) is 6. The molecule has 1 aliphatic heterocycles. The molecule has 2 aliphatic carbocycles. The Kier molecular flexibility index (Phi) is 13.6. The Morgan fingerprint density at radius 2 is 1.66 bits per heavy atom. The maximum absolute atomic E-state index is 13.1. The number of ether oxygens (including phenoxy) is 3. The lowest BCUT2D eigenvalue weighted by molar-refractivity contribution is -0.327. The molecule has 0 spiro atoms. The zero-order chi connectivity index (χ0) is 38.0. The van der Waals surface area contributed by atoms with Crippen LogP contribution in [0.1, 0.15) is 101 Å². The second-order valence-electron chi connectivity index (χ2n) is 16.2. The van der Waals surface area contributed by atoms with E-state index in [1.807, 2.05) is 33.8 Å². The summed E-state index contributed by atoms with van der Waals surface area (Å²) in [5.41, 5.74) is -2.37. The Bertz CT molecular complexity index is 1330. The molecule has 11 atom stereocenters. The highest BCUT2D eigenvalue weighted by Crippen LogP contribution is 2.52. The number of hydrogen-bond acceptors (Lipinski definition) is 12. The Morgan fingerprint density at radius 3 is 2.26 bits per heavy atom. The third kappa shape index (κ3) is 9.38. The molecule has 3 rings (SSSR count). The van der Waals surface area contributed by atoms with Crippen molar-refractivity contribution >= 4 is 17.5 Å². The molecule has 0 aromatic rings. The minimum Gasteiger partial charge on any atom is -0.459 e. The van der Waals surface area contributed by atoms with Crippen molar-refractivity contribution in [3.63, 3.8) is 0 Å². The molecule has 2 fully saturated rings. The highest BCUT2D eigenvalue weighted by atomic mass is 16.7. The van der Waals surface area contributed by atoms with Crippen molar-refractivity contribution in [2.24, 2.45) is 22.7 Å². The molecule has 1 saturated carbocycles. The fraction of sp³-hybridized carbons (Fsp3) is 0.763. The Hall–Kier alpha value is -2.29. The van der Waals surface area contributed by atoms with E-state index in [2.05, 4.69) is 0 Å². The monoisotopic (exact) mass is 708 g/mol. The molecule has 0 radical (unpaired) electrons. The maximum atomic E-state index is 13.1. The molecule has 1 heterocycles. The molecule has 1 saturated heterocycles. The smallest absolute Gasteiger partial charge is 0.303 e. The van der Waals surface area contributed by atoms with Crippen LogP contribution >= 0.6 is 0 Å². The van der Waals surface area contributed by atoms with Crippen molar-refractivity contribution < 1.29 is 59.2 Å². The molecule has 0 bridgehead atoms.